The van der Waals surface area contributed by atoms with Crippen molar-refractivity contribution in [1.29, 1.82) is 0 Å². The lowest BCUT2D eigenvalue weighted by Gasteiger charge is -2.10. The highest BCUT2D eigenvalue weighted by molar-refractivity contribution is 6.00. The molecule has 7 heteroatoms. The summed E-state index contributed by atoms with van der Waals surface area (Å²) in [5, 5.41) is 8.17. The summed E-state index contributed by atoms with van der Waals surface area (Å²) >= 11 is 0. The van der Waals surface area contributed by atoms with E-state index in [4.69, 9.17) is 4.74 Å². The van der Waals surface area contributed by atoms with E-state index < -0.39 is 5.82 Å². The highest BCUT2D eigenvalue weighted by Gasteiger charge is 2.06. The summed E-state index contributed by atoms with van der Waals surface area (Å²) in [5.74, 6) is -0.284. The van der Waals surface area contributed by atoms with Crippen molar-refractivity contribution < 1.29 is 18.7 Å². The number of ether oxygens (including phenoxy) is 1. The van der Waals surface area contributed by atoms with Crippen LogP contribution >= 0.6 is 0 Å². The largest absolute Gasteiger partial charge is 0.493 e. The van der Waals surface area contributed by atoms with E-state index in [-0.39, 0.29) is 25.0 Å². The van der Waals surface area contributed by atoms with Gasteiger partial charge in [-0.25, -0.2) is 9.18 Å². The quantitative estimate of drug-likeness (QED) is 0.535. The molecular formula is C22H20FN3O3. The van der Waals surface area contributed by atoms with Crippen LogP contribution in [0.15, 0.2) is 78.9 Å². The van der Waals surface area contributed by atoms with Gasteiger partial charge in [0.15, 0.2) is 0 Å². The fourth-order valence-corrected chi connectivity index (χ4v) is 2.53. The fraction of sp³-hybridized carbons (Fsp3) is 0.0909. The predicted molar refractivity (Wildman–Crippen MR) is 111 cm³/mol. The first-order chi connectivity index (χ1) is 14.1. The third-order valence-electron chi connectivity index (χ3n) is 3.83. The van der Waals surface area contributed by atoms with Crippen LogP contribution in [0.2, 0.25) is 0 Å². The number of hydrogen-bond donors (Lipinski definition) is 3. The first-order valence-electron chi connectivity index (χ1n) is 9.00. The number of halogens is 1. The maximum absolute atomic E-state index is 13.1. The molecule has 0 aromatic heterocycles. The van der Waals surface area contributed by atoms with Gasteiger partial charge in [-0.2, -0.15) is 0 Å². The maximum atomic E-state index is 13.1. The molecule has 0 spiro atoms. The zero-order valence-corrected chi connectivity index (χ0v) is 15.5. The Morgan fingerprint density at radius 1 is 0.759 bits per heavy atom. The summed E-state index contributed by atoms with van der Waals surface area (Å²) < 4.78 is 18.5. The van der Waals surface area contributed by atoms with Gasteiger partial charge < -0.3 is 20.7 Å². The van der Waals surface area contributed by atoms with Crippen molar-refractivity contribution in [2.45, 2.75) is 6.42 Å². The Morgan fingerprint density at radius 3 is 2.17 bits per heavy atom. The van der Waals surface area contributed by atoms with Crippen molar-refractivity contribution >= 4 is 29.0 Å². The van der Waals surface area contributed by atoms with Gasteiger partial charge in [0.1, 0.15) is 11.6 Å². The van der Waals surface area contributed by atoms with Crippen LogP contribution in [-0.4, -0.2) is 18.5 Å². The monoisotopic (exact) mass is 393 g/mol. The zero-order valence-electron chi connectivity index (χ0n) is 15.5. The van der Waals surface area contributed by atoms with E-state index in [2.05, 4.69) is 16.0 Å². The first-order valence-corrected chi connectivity index (χ1v) is 9.00. The summed E-state index contributed by atoms with van der Waals surface area (Å²) in [6, 6.07) is 21.2. The number of carbonyl (C=O) groups is 2. The van der Waals surface area contributed by atoms with Crippen LogP contribution in [0.1, 0.15) is 6.42 Å². The van der Waals surface area contributed by atoms with Crippen LogP contribution in [-0.2, 0) is 4.79 Å². The molecule has 29 heavy (non-hydrogen) atoms. The van der Waals surface area contributed by atoms with E-state index in [9.17, 15) is 14.0 Å². The van der Waals surface area contributed by atoms with Crippen LogP contribution in [0.3, 0.4) is 0 Å². The third kappa shape index (κ3) is 6.66. The van der Waals surface area contributed by atoms with Gasteiger partial charge in [0.25, 0.3) is 0 Å². The number of urea groups is 1. The molecule has 3 aromatic carbocycles. The first kappa shape index (κ1) is 19.9. The van der Waals surface area contributed by atoms with Gasteiger partial charge in [-0.3, -0.25) is 4.79 Å². The molecule has 3 amide bonds. The summed E-state index contributed by atoms with van der Waals surface area (Å²) in [4.78, 5) is 24.1. The van der Waals surface area contributed by atoms with Gasteiger partial charge in [-0.05, 0) is 42.5 Å². The number of nitrogens with one attached hydrogen (secondary N) is 3. The molecule has 0 fully saturated rings. The molecule has 148 valence electrons. The van der Waals surface area contributed by atoms with E-state index in [0.717, 1.165) is 0 Å². The smallest absolute Gasteiger partial charge is 0.323 e. The molecular weight excluding hydrogens is 373 g/mol. The number of carbonyl (C=O) groups excluding carboxylic acids is 2. The lowest BCUT2D eigenvalue weighted by molar-refractivity contribution is -0.116. The molecule has 0 bridgehead atoms. The minimum absolute atomic E-state index is 0.0999. The van der Waals surface area contributed by atoms with Crippen LogP contribution in [0.5, 0.6) is 5.75 Å². The number of hydrogen-bond acceptors (Lipinski definition) is 3. The van der Waals surface area contributed by atoms with Crippen molar-refractivity contribution in [2.24, 2.45) is 0 Å². The van der Waals surface area contributed by atoms with Gasteiger partial charge in [0.2, 0.25) is 5.91 Å². The van der Waals surface area contributed by atoms with Crippen molar-refractivity contribution in [2.75, 3.05) is 22.6 Å². The highest BCUT2D eigenvalue weighted by atomic mass is 19.1. The zero-order chi connectivity index (χ0) is 20.5. The fourth-order valence-electron chi connectivity index (χ4n) is 2.53. The molecule has 0 saturated carbocycles. The van der Waals surface area contributed by atoms with Crippen LogP contribution in [0, 0.1) is 5.82 Å². The second kappa shape index (κ2) is 9.89. The minimum atomic E-state index is -0.396. The normalized spacial score (nSPS) is 10.1. The van der Waals surface area contributed by atoms with Crippen LogP contribution in [0.25, 0.3) is 0 Å². The topological polar surface area (TPSA) is 79.5 Å². The molecule has 0 unspecified atom stereocenters. The molecule has 3 N–H and O–H groups in total. The Kier molecular flexibility index (Phi) is 6.78. The van der Waals surface area contributed by atoms with E-state index in [0.29, 0.717) is 22.8 Å². The van der Waals surface area contributed by atoms with Crippen molar-refractivity contribution in [3.05, 3.63) is 84.7 Å². The number of rotatable bonds is 7. The standard InChI is InChI=1S/C22H20FN3O3/c23-16-6-4-11-20(14-16)29-13-12-21(27)24-18-9-5-10-19(15-18)26-22(28)25-17-7-2-1-3-8-17/h1-11,14-15H,12-13H2,(H,24,27)(H2,25,26,28). The average Bonchev–Trinajstić information content (AvgIpc) is 2.69. The van der Waals surface area contributed by atoms with E-state index in [1.54, 1.807) is 42.5 Å². The third-order valence-corrected chi connectivity index (χ3v) is 3.83. The van der Waals surface area contributed by atoms with Gasteiger partial charge in [-0.15, -0.1) is 0 Å². The van der Waals surface area contributed by atoms with Gasteiger partial charge in [0, 0.05) is 23.1 Å². The summed E-state index contributed by atoms with van der Waals surface area (Å²) in [6.45, 7) is 0.118. The summed E-state index contributed by atoms with van der Waals surface area (Å²) in [5.41, 5.74) is 1.75. The molecule has 6 nitrogen and oxygen atoms in total. The second-order valence-corrected chi connectivity index (χ2v) is 6.13. The van der Waals surface area contributed by atoms with Crippen molar-refractivity contribution in [3.8, 4) is 5.75 Å². The molecule has 0 aliphatic rings. The number of anilines is 3. The Hall–Kier alpha value is -3.87. The molecule has 0 saturated heterocycles. The van der Waals surface area contributed by atoms with E-state index in [1.165, 1.54) is 18.2 Å². The predicted octanol–water partition coefficient (Wildman–Crippen LogP) is 4.88. The summed E-state index contributed by atoms with van der Waals surface area (Å²) in [6.07, 6.45) is 0.0999. The van der Waals surface area contributed by atoms with Crippen LogP contribution < -0.4 is 20.7 Å². The second-order valence-electron chi connectivity index (χ2n) is 6.13. The molecule has 0 atom stereocenters. The van der Waals surface area contributed by atoms with E-state index >= 15 is 0 Å². The summed E-state index contributed by atoms with van der Waals surface area (Å²) in [7, 11) is 0. The van der Waals surface area contributed by atoms with Crippen LogP contribution in [0.4, 0.5) is 26.2 Å². The molecule has 3 aromatic rings. The van der Waals surface area contributed by atoms with Gasteiger partial charge >= 0.3 is 6.03 Å². The average molecular weight is 393 g/mol. The number of para-hydroxylation sites is 1. The van der Waals surface area contributed by atoms with E-state index in [1.807, 2.05) is 18.2 Å². The van der Waals surface area contributed by atoms with Crippen molar-refractivity contribution in [1.82, 2.24) is 0 Å². The Bertz CT molecular complexity index is 980. The Balaban J connectivity index is 1.47. The highest BCUT2D eigenvalue weighted by Crippen LogP contribution is 2.16. The molecule has 0 aliphatic heterocycles. The number of benzene rings is 3. The van der Waals surface area contributed by atoms with Crippen molar-refractivity contribution in [3.63, 3.8) is 0 Å². The number of amides is 3. The lowest BCUT2D eigenvalue weighted by Crippen LogP contribution is -2.19. The molecule has 0 radical (unpaired) electrons. The van der Waals surface area contributed by atoms with Gasteiger partial charge in [0.05, 0.1) is 13.0 Å². The molecule has 3 rings (SSSR count). The Labute approximate surface area is 167 Å². The minimum Gasteiger partial charge on any atom is -0.493 e. The molecule has 0 aliphatic carbocycles. The Morgan fingerprint density at radius 2 is 1.41 bits per heavy atom. The SMILES string of the molecule is O=C(CCOc1cccc(F)c1)Nc1cccc(NC(=O)Nc2ccccc2)c1. The van der Waals surface area contributed by atoms with Gasteiger partial charge in [-0.1, -0.05) is 30.3 Å². The lowest BCUT2D eigenvalue weighted by atomic mass is 10.2. The maximum Gasteiger partial charge on any atom is 0.323 e. The molecule has 0 heterocycles.